The van der Waals surface area contributed by atoms with E-state index in [4.69, 9.17) is 5.73 Å². The summed E-state index contributed by atoms with van der Waals surface area (Å²) in [5, 5.41) is 10.3. The van der Waals surface area contributed by atoms with Gasteiger partial charge in [0.15, 0.2) is 5.16 Å². The molecular formula is C13H15N5S2. The third-order valence-corrected chi connectivity index (χ3v) is 5.11. The highest BCUT2D eigenvalue weighted by Gasteiger charge is 2.10. The van der Waals surface area contributed by atoms with Crippen molar-refractivity contribution in [3.63, 3.8) is 0 Å². The number of aromatic nitrogens is 4. The Morgan fingerprint density at radius 2 is 2.15 bits per heavy atom. The van der Waals surface area contributed by atoms with Gasteiger partial charge in [0, 0.05) is 13.1 Å². The predicted molar refractivity (Wildman–Crippen MR) is 83.0 cm³/mol. The second kappa shape index (κ2) is 5.90. The van der Waals surface area contributed by atoms with Crippen LogP contribution in [0.1, 0.15) is 10.8 Å². The maximum atomic E-state index is 5.62. The number of benzene rings is 1. The molecule has 20 heavy (non-hydrogen) atoms. The molecule has 2 aromatic heterocycles. The largest absolute Gasteiger partial charge is 0.329 e. The molecule has 0 unspecified atom stereocenters. The number of fused-ring (bicyclic) bond motifs is 1. The summed E-state index contributed by atoms with van der Waals surface area (Å²) in [6.45, 7) is 3.29. The van der Waals surface area contributed by atoms with Crippen molar-refractivity contribution in [3.05, 3.63) is 35.1 Å². The van der Waals surface area contributed by atoms with Crippen LogP contribution in [-0.4, -0.2) is 26.3 Å². The topological polar surface area (TPSA) is 69.6 Å². The maximum Gasteiger partial charge on any atom is 0.191 e. The molecule has 104 valence electrons. The second-order valence-corrected chi connectivity index (χ2v) is 6.39. The predicted octanol–water partition coefficient (Wildman–Crippen LogP) is 2.45. The van der Waals surface area contributed by atoms with Gasteiger partial charge in [-0.3, -0.25) is 0 Å². The first-order chi connectivity index (χ1) is 9.78. The van der Waals surface area contributed by atoms with Crippen molar-refractivity contribution in [3.8, 4) is 0 Å². The summed E-state index contributed by atoms with van der Waals surface area (Å²) in [5.41, 5.74) is 6.68. The van der Waals surface area contributed by atoms with Crippen molar-refractivity contribution >= 4 is 33.3 Å². The van der Waals surface area contributed by atoms with Gasteiger partial charge in [0.2, 0.25) is 0 Å². The zero-order valence-corrected chi connectivity index (χ0v) is 12.7. The van der Waals surface area contributed by atoms with Gasteiger partial charge in [-0.2, -0.15) is 0 Å². The van der Waals surface area contributed by atoms with E-state index in [1.54, 1.807) is 23.1 Å². The Morgan fingerprint density at radius 1 is 1.30 bits per heavy atom. The molecule has 7 heteroatoms. The molecule has 0 aliphatic heterocycles. The van der Waals surface area contributed by atoms with E-state index < -0.39 is 0 Å². The molecule has 0 atom stereocenters. The second-order valence-electron chi connectivity index (χ2n) is 4.33. The zero-order valence-electron chi connectivity index (χ0n) is 11.1. The molecule has 0 aliphatic carbocycles. The highest BCUT2D eigenvalue weighted by atomic mass is 32.2. The van der Waals surface area contributed by atoms with Crippen LogP contribution in [0.25, 0.3) is 10.2 Å². The van der Waals surface area contributed by atoms with Crippen LogP contribution < -0.4 is 5.73 Å². The quantitative estimate of drug-likeness (QED) is 0.733. The Morgan fingerprint density at radius 3 is 2.95 bits per heavy atom. The van der Waals surface area contributed by atoms with Gasteiger partial charge in [-0.1, -0.05) is 23.9 Å². The van der Waals surface area contributed by atoms with E-state index in [0.29, 0.717) is 6.54 Å². The Bertz CT molecular complexity index is 685. The van der Waals surface area contributed by atoms with Crippen LogP contribution in [0.5, 0.6) is 0 Å². The lowest BCUT2D eigenvalue weighted by Crippen LogP contribution is -2.12. The first-order valence-electron chi connectivity index (χ1n) is 6.35. The van der Waals surface area contributed by atoms with Gasteiger partial charge in [0.05, 0.1) is 16.0 Å². The van der Waals surface area contributed by atoms with E-state index in [1.807, 2.05) is 25.1 Å². The van der Waals surface area contributed by atoms with Crippen LogP contribution in [-0.2, 0) is 12.3 Å². The highest BCUT2D eigenvalue weighted by Crippen LogP contribution is 2.27. The molecule has 0 bridgehead atoms. The van der Waals surface area contributed by atoms with Crippen LogP contribution in [0, 0.1) is 6.92 Å². The summed E-state index contributed by atoms with van der Waals surface area (Å²) >= 11 is 3.39. The number of nitrogens with two attached hydrogens (primary N) is 1. The molecule has 0 aliphatic rings. The fourth-order valence-electron chi connectivity index (χ4n) is 1.96. The van der Waals surface area contributed by atoms with E-state index >= 15 is 0 Å². The van der Waals surface area contributed by atoms with E-state index in [2.05, 4.69) is 25.8 Å². The van der Waals surface area contributed by atoms with Gasteiger partial charge < -0.3 is 10.3 Å². The van der Waals surface area contributed by atoms with E-state index in [0.717, 1.165) is 33.8 Å². The molecule has 0 saturated heterocycles. The summed E-state index contributed by atoms with van der Waals surface area (Å²) < 4.78 is 3.28. The SMILES string of the molecule is Cc1nnc(SCc2nc3ccccc3s2)n1CCN. The van der Waals surface area contributed by atoms with Crippen LogP contribution in [0.2, 0.25) is 0 Å². The molecule has 1 aromatic carbocycles. The van der Waals surface area contributed by atoms with Gasteiger partial charge in [-0.15, -0.1) is 21.5 Å². The number of hydrogen-bond acceptors (Lipinski definition) is 6. The molecular weight excluding hydrogens is 290 g/mol. The third kappa shape index (κ3) is 2.70. The monoisotopic (exact) mass is 305 g/mol. The molecule has 2 heterocycles. The van der Waals surface area contributed by atoms with Crippen LogP contribution >= 0.6 is 23.1 Å². The number of aryl methyl sites for hydroxylation is 1. The Kier molecular flexibility index (Phi) is 4.00. The summed E-state index contributed by atoms with van der Waals surface area (Å²) in [4.78, 5) is 4.63. The van der Waals surface area contributed by atoms with Gasteiger partial charge >= 0.3 is 0 Å². The van der Waals surface area contributed by atoms with Gasteiger partial charge in [0.1, 0.15) is 10.8 Å². The summed E-state index contributed by atoms with van der Waals surface area (Å²) in [7, 11) is 0. The van der Waals surface area contributed by atoms with E-state index in [9.17, 15) is 0 Å². The zero-order chi connectivity index (χ0) is 13.9. The van der Waals surface area contributed by atoms with Crippen LogP contribution in [0.4, 0.5) is 0 Å². The number of hydrogen-bond donors (Lipinski definition) is 1. The molecule has 0 radical (unpaired) electrons. The fraction of sp³-hybridized carbons (Fsp3) is 0.308. The maximum absolute atomic E-state index is 5.62. The molecule has 0 fully saturated rings. The average Bonchev–Trinajstić information content (AvgIpc) is 3.02. The number of rotatable bonds is 5. The van der Waals surface area contributed by atoms with Crippen molar-refractivity contribution in [2.24, 2.45) is 5.73 Å². The lowest BCUT2D eigenvalue weighted by atomic mass is 10.3. The lowest BCUT2D eigenvalue weighted by molar-refractivity contribution is 0.627. The minimum absolute atomic E-state index is 0.591. The normalized spacial score (nSPS) is 11.3. The fourth-order valence-corrected chi connectivity index (χ4v) is 3.93. The summed E-state index contributed by atoms with van der Waals surface area (Å²) in [6, 6.07) is 8.20. The number of para-hydroxylation sites is 1. The Balaban J connectivity index is 1.76. The van der Waals surface area contributed by atoms with Crippen molar-refractivity contribution < 1.29 is 0 Å². The summed E-state index contributed by atoms with van der Waals surface area (Å²) in [5.74, 6) is 1.71. The Labute approximate surface area is 125 Å². The molecule has 5 nitrogen and oxygen atoms in total. The average molecular weight is 305 g/mol. The minimum Gasteiger partial charge on any atom is -0.329 e. The van der Waals surface area contributed by atoms with Crippen molar-refractivity contribution in [1.29, 1.82) is 0 Å². The molecule has 0 spiro atoms. The molecule has 2 N–H and O–H groups in total. The van der Waals surface area contributed by atoms with Gasteiger partial charge in [-0.05, 0) is 19.1 Å². The first-order valence-corrected chi connectivity index (χ1v) is 8.15. The van der Waals surface area contributed by atoms with Crippen LogP contribution in [0.15, 0.2) is 29.4 Å². The van der Waals surface area contributed by atoms with Crippen molar-refractivity contribution in [2.75, 3.05) is 6.54 Å². The molecule has 3 rings (SSSR count). The Hall–Kier alpha value is -1.44. The number of thioether (sulfide) groups is 1. The smallest absolute Gasteiger partial charge is 0.191 e. The number of thiazole rings is 1. The molecule has 0 saturated carbocycles. The third-order valence-electron chi connectivity index (χ3n) is 2.92. The van der Waals surface area contributed by atoms with Crippen molar-refractivity contribution in [1.82, 2.24) is 19.7 Å². The molecule has 0 amide bonds. The van der Waals surface area contributed by atoms with Crippen LogP contribution in [0.3, 0.4) is 0 Å². The standard InChI is InChI=1S/C13H15N5S2/c1-9-16-17-13(18(9)7-6-14)19-8-12-15-10-4-2-3-5-11(10)20-12/h2-5H,6-8,14H2,1H3. The van der Waals surface area contributed by atoms with Gasteiger partial charge in [-0.25, -0.2) is 4.98 Å². The number of nitrogens with zero attached hydrogens (tertiary/aromatic N) is 4. The van der Waals surface area contributed by atoms with Crippen molar-refractivity contribution in [2.45, 2.75) is 24.4 Å². The lowest BCUT2D eigenvalue weighted by Gasteiger charge is -2.05. The van der Waals surface area contributed by atoms with Gasteiger partial charge in [0.25, 0.3) is 0 Å². The molecule has 3 aromatic rings. The minimum atomic E-state index is 0.591. The first kappa shape index (κ1) is 13.5. The van der Waals surface area contributed by atoms with E-state index in [-0.39, 0.29) is 0 Å². The highest BCUT2D eigenvalue weighted by molar-refractivity contribution is 7.98. The summed E-state index contributed by atoms with van der Waals surface area (Å²) in [6.07, 6.45) is 0. The van der Waals surface area contributed by atoms with E-state index in [1.165, 1.54) is 4.70 Å².